The molecule has 8 heteroatoms. The summed E-state index contributed by atoms with van der Waals surface area (Å²) in [5, 5.41) is 5.05. The molecule has 2 aromatic heterocycles. The van der Waals surface area contributed by atoms with E-state index in [1.165, 1.54) is 12.1 Å². The summed E-state index contributed by atoms with van der Waals surface area (Å²) in [6, 6.07) is 14.3. The third kappa shape index (κ3) is 4.38. The molecule has 1 aliphatic rings. The highest BCUT2D eigenvalue weighted by molar-refractivity contribution is 6.39. The third-order valence-electron chi connectivity index (χ3n) is 6.23. The number of pyridine rings is 2. The van der Waals surface area contributed by atoms with Crippen molar-refractivity contribution in [1.29, 1.82) is 0 Å². The number of nitrogens with zero attached hydrogens (tertiary/aromatic N) is 2. The number of rotatable bonds is 3. The van der Waals surface area contributed by atoms with Crippen molar-refractivity contribution in [2.24, 2.45) is 0 Å². The Hall–Kier alpha value is -2.67. The van der Waals surface area contributed by atoms with Gasteiger partial charge in [-0.05, 0) is 73.5 Å². The molecule has 1 aliphatic heterocycles. The Bertz CT molecular complexity index is 1330. The minimum absolute atomic E-state index is 0.230. The summed E-state index contributed by atoms with van der Waals surface area (Å²) in [5.74, 6) is 0.230. The lowest BCUT2D eigenvalue weighted by atomic mass is 9.90. The van der Waals surface area contributed by atoms with Gasteiger partial charge in [0.05, 0.1) is 26.8 Å². The number of hydrogen-bond donors (Lipinski definition) is 1. The Kier molecular flexibility index (Phi) is 6.23. The molecule has 2 aromatic carbocycles. The fraction of sp³-hybridized carbons (Fsp3) is 0.231. The lowest BCUT2D eigenvalue weighted by molar-refractivity contribution is -0.137. The number of hydrogen-bond acceptors (Lipinski definition) is 3. The molecule has 3 nitrogen and oxygen atoms in total. The molecule has 3 heterocycles. The molecule has 1 N–H and O–H groups in total. The Morgan fingerprint density at radius 1 is 0.912 bits per heavy atom. The van der Waals surface area contributed by atoms with Gasteiger partial charge in [0.1, 0.15) is 0 Å². The molecule has 1 fully saturated rings. The quantitative estimate of drug-likeness (QED) is 0.311. The maximum Gasteiger partial charge on any atom is 0.416 e. The van der Waals surface area contributed by atoms with Crippen molar-refractivity contribution in [2.75, 3.05) is 13.1 Å². The average Bonchev–Trinajstić information content (AvgIpc) is 2.83. The highest BCUT2D eigenvalue weighted by Gasteiger charge is 2.30. The summed E-state index contributed by atoms with van der Waals surface area (Å²) in [7, 11) is 0. The Balaban J connectivity index is 1.76. The number of aromatic nitrogens is 2. The summed E-state index contributed by atoms with van der Waals surface area (Å²) < 4.78 is 39.4. The Morgan fingerprint density at radius 2 is 1.59 bits per heavy atom. The van der Waals surface area contributed by atoms with Crippen molar-refractivity contribution in [3.63, 3.8) is 0 Å². The zero-order valence-electron chi connectivity index (χ0n) is 18.0. The van der Waals surface area contributed by atoms with Crippen LogP contribution in [0.3, 0.4) is 0 Å². The Morgan fingerprint density at radius 3 is 2.24 bits per heavy atom. The van der Waals surface area contributed by atoms with Crippen LogP contribution in [0.1, 0.15) is 30.0 Å². The maximum atomic E-state index is 13.1. The molecule has 0 atom stereocenters. The summed E-state index contributed by atoms with van der Waals surface area (Å²) in [4.78, 5) is 9.59. The van der Waals surface area contributed by atoms with Crippen molar-refractivity contribution in [2.45, 2.75) is 24.9 Å². The molecule has 5 rings (SSSR count). The van der Waals surface area contributed by atoms with Crippen LogP contribution in [0.2, 0.25) is 10.0 Å². The second-order valence-corrected chi connectivity index (χ2v) is 9.16. The average molecular weight is 502 g/mol. The normalized spacial score (nSPS) is 15.1. The second-order valence-electron chi connectivity index (χ2n) is 8.35. The van der Waals surface area contributed by atoms with E-state index in [1.807, 2.05) is 12.1 Å². The number of alkyl halides is 3. The van der Waals surface area contributed by atoms with Crippen LogP contribution < -0.4 is 5.32 Å². The van der Waals surface area contributed by atoms with Crippen molar-refractivity contribution in [3.05, 3.63) is 82.1 Å². The van der Waals surface area contributed by atoms with Gasteiger partial charge in [0.15, 0.2) is 0 Å². The van der Waals surface area contributed by atoms with Gasteiger partial charge in [0, 0.05) is 28.8 Å². The molecule has 174 valence electrons. The van der Waals surface area contributed by atoms with Crippen molar-refractivity contribution in [1.82, 2.24) is 15.3 Å². The van der Waals surface area contributed by atoms with Crippen molar-refractivity contribution >= 4 is 34.1 Å². The summed E-state index contributed by atoms with van der Waals surface area (Å²) in [6.45, 7) is 1.77. The zero-order chi connectivity index (χ0) is 23.9. The van der Waals surface area contributed by atoms with Gasteiger partial charge in [-0.15, -0.1) is 0 Å². The molecule has 0 amide bonds. The Labute approximate surface area is 205 Å². The van der Waals surface area contributed by atoms with Gasteiger partial charge in [0.2, 0.25) is 0 Å². The van der Waals surface area contributed by atoms with Gasteiger partial charge in [-0.2, -0.15) is 13.2 Å². The minimum Gasteiger partial charge on any atom is -0.317 e. The van der Waals surface area contributed by atoms with Gasteiger partial charge in [-0.25, -0.2) is 0 Å². The lowest BCUT2D eigenvalue weighted by Gasteiger charge is -2.24. The van der Waals surface area contributed by atoms with Gasteiger partial charge in [-0.1, -0.05) is 41.4 Å². The monoisotopic (exact) mass is 501 g/mol. The number of halogens is 5. The standard InChI is InChI=1S/C26H20Cl2F3N3/c27-20-2-1-3-21(28)23(20)25-24-18(10-13-33-25)19(14-22(34-24)16-8-11-32-12-9-16)15-4-6-17(7-5-15)26(29,30)31/h1-7,10,13-14,16,32H,8-9,11-12H2. The van der Waals surface area contributed by atoms with Gasteiger partial charge in [-0.3, -0.25) is 9.97 Å². The van der Waals surface area contributed by atoms with Crippen LogP contribution in [-0.2, 0) is 6.18 Å². The molecular weight excluding hydrogens is 482 g/mol. The van der Waals surface area contributed by atoms with Crippen LogP contribution in [0, 0.1) is 0 Å². The molecule has 0 unspecified atom stereocenters. The molecule has 0 spiro atoms. The molecule has 1 saturated heterocycles. The summed E-state index contributed by atoms with van der Waals surface area (Å²) >= 11 is 13.0. The third-order valence-corrected chi connectivity index (χ3v) is 6.86. The second kappa shape index (κ2) is 9.17. The van der Waals surface area contributed by atoms with E-state index in [0.717, 1.165) is 54.7 Å². The van der Waals surface area contributed by atoms with Crippen LogP contribution in [0.5, 0.6) is 0 Å². The number of piperidine rings is 1. The first-order valence-electron chi connectivity index (χ1n) is 11.0. The van der Waals surface area contributed by atoms with E-state index in [9.17, 15) is 13.2 Å². The highest BCUT2D eigenvalue weighted by Crippen LogP contribution is 2.41. The fourth-order valence-corrected chi connectivity index (χ4v) is 5.06. The van der Waals surface area contributed by atoms with E-state index in [4.69, 9.17) is 28.2 Å². The number of benzene rings is 2. The van der Waals surface area contributed by atoms with E-state index in [2.05, 4.69) is 10.3 Å². The topological polar surface area (TPSA) is 37.8 Å². The SMILES string of the molecule is FC(F)(F)c1ccc(-c2cc(C3CCNCC3)nc3c(-c4c(Cl)cccc4Cl)nccc23)cc1. The van der Waals surface area contributed by atoms with Crippen LogP contribution in [-0.4, -0.2) is 23.1 Å². The van der Waals surface area contributed by atoms with Gasteiger partial charge in [0.25, 0.3) is 0 Å². The first-order chi connectivity index (χ1) is 16.3. The zero-order valence-corrected chi connectivity index (χ0v) is 19.5. The van der Waals surface area contributed by atoms with E-state index in [0.29, 0.717) is 32.4 Å². The van der Waals surface area contributed by atoms with E-state index < -0.39 is 11.7 Å². The highest BCUT2D eigenvalue weighted by atomic mass is 35.5. The largest absolute Gasteiger partial charge is 0.416 e. The molecule has 0 saturated carbocycles. The number of nitrogens with one attached hydrogen (secondary N) is 1. The molecule has 4 aromatic rings. The molecule has 34 heavy (non-hydrogen) atoms. The van der Waals surface area contributed by atoms with Crippen LogP contribution >= 0.6 is 23.2 Å². The van der Waals surface area contributed by atoms with Crippen LogP contribution in [0.4, 0.5) is 13.2 Å². The number of fused-ring (bicyclic) bond motifs is 1. The predicted octanol–water partition coefficient (Wildman–Crippen LogP) is 7.76. The first kappa shape index (κ1) is 23.1. The van der Waals surface area contributed by atoms with E-state index >= 15 is 0 Å². The minimum atomic E-state index is -4.39. The predicted molar refractivity (Wildman–Crippen MR) is 130 cm³/mol. The molecule has 0 bridgehead atoms. The smallest absolute Gasteiger partial charge is 0.317 e. The molecule has 0 radical (unpaired) electrons. The van der Waals surface area contributed by atoms with Crippen molar-refractivity contribution in [3.8, 4) is 22.4 Å². The van der Waals surface area contributed by atoms with Crippen LogP contribution in [0.15, 0.2) is 60.8 Å². The van der Waals surface area contributed by atoms with Crippen molar-refractivity contribution < 1.29 is 13.2 Å². The molecule has 0 aliphatic carbocycles. The summed E-state index contributed by atoms with van der Waals surface area (Å²) in [6.07, 6.45) is -0.894. The van der Waals surface area contributed by atoms with Gasteiger partial charge < -0.3 is 5.32 Å². The molecular formula is C26H20Cl2F3N3. The summed E-state index contributed by atoms with van der Waals surface area (Å²) in [5.41, 5.74) is 3.46. The van der Waals surface area contributed by atoms with Gasteiger partial charge >= 0.3 is 6.18 Å². The van der Waals surface area contributed by atoms with E-state index in [1.54, 1.807) is 24.4 Å². The fourth-order valence-electron chi connectivity index (χ4n) is 4.48. The first-order valence-corrected chi connectivity index (χ1v) is 11.7. The maximum absolute atomic E-state index is 13.1. The van der Waals surface area contributed by atoms with Crippen LogP contribution in [0.25, 0.3) is 33.3 Å². The lowest BCUT2D eigenvalue weighted by Crippen LogP contribution is -2.27. The van der Waals surface area contributed by atoms with E-state index in [-0.39, 0.29) is 5.92 Å².